The van der Waals surface area contributed by atoms with Crippen molar-refractivity contribution < 1.29 is 14.3 Å². The molecule has 138 valence electrons. The Morgan fingerprint density at radius 3 is 2.20 bits per heavy atom. The molecule has 1 aromatic carbocycles. The molecule has 0 unspecified atom stereocenters. The van der Waals surface area contributed by atoms with E-state index in [9.17, 15) is 9.59 Å². The molecule has 2 amide bonds. The van der Waals surface area contributed by atoms with E-state index in [4.69, 9.17) is 4.74 Å². The van der Waals surface area contributed by atoms with Crippen molar-refractivity contribution in [1.82, 2.24) is 4.90 Å². The molecule has 2 rings (SSSR count). The molecule has 0 N–H and O–H groups in total. The van der Waals surface area contributed by atoms with Crippen LogP contribution in [0.2, 0.25) is 0 Å². The van der Waals surface area contributed by atoms with Crippen LogP contribution in [0, 0.1) is 0 Å². The summed E-state index contributed by atoms with van der Waals surface area (Å²) in [5.41, 5.74) is 0.798. The highest BCUT2D eigenvalue weighted by molar-refractivity contribution is 5.92. The normalized spacial score (nSPS) is 15.0. The van der Waals surface area contributed by atoms with Gasteiger partial charge in [-0.15, -0.1) is 0 Å². The molecule has 0 saturated carbocycles. The predicted octanol–water partition coefficient (Wildman–Crippen LogP) is 3.62. The average Bonchev–Trinajstić information content (AvgIpc) is 2.85. The quantitative estimate of drug-likeness (QED) is 0.790. The third kappa shape index (κ3) is 6.07. The summed E-state index contributed by atoms with van der Waals surface area (Å²) in [6.07, 6.45) is 5.05. The first-order chi connectivity index (χ1) is 12.0. The van der Waals surface area contributed by atoms with Crippen LogP contribution >= 0.6 is 0 Å². The third-order valence-corrected chi connectivity index (χ3v) is 4.41. The Hall–Kier alpha value is -2.04. The van der Waals surface area contributed by atoms with Crippen LogP contribution in [0.1, 0.15) is 52.9 Å². The fourth-order valence-corrected chi connectivity index (χ4v) is 3.13. The Balaban J connectivity index is 1.96. The Morgan fingerprint density at radius 1 is 1.08 bits per heavy atom. The molecule has 1 saturated heterocycles. The number of ether oxygens (including phenoxy) is 1. The molecule has 0 bridgehead atoms. The van der Waals surface area contributed by atoms with E-state index < -0.39 is 0 Å². The molecule has 5 heteroatoms. The maximum atomic E-state index is 12.5. The van der Waals surface area contributed by atoms with Crippen LogP contribution in [0.3, 0.4) is 0 Å². The van der Waals surface area contributed by atoms with Gasteiger partial charge in [0.05, 0.1) is 6.10 Å². The zero-order valence-corrected chi connectivity index (χ0v) is 15.7. The number of carbonyl (C=O) groups is 2. The van der Waals surface area contributed by atoms with E-state index in [1.54, 1.807) is 4.90 Å². The molecule has 0 spiro atoms. The number of hydrogen-bond acceptors (Lipinski definition) is 3. The Kier molecular flexibility index (Phi) is 7.29. The first kappa shape index (κ1) is 19.3. The first-order valence-corrected chi connectivity index (χ1v) is 9.30. The molecular weight excluding hydrogens is 316 g/mol. The second kappa shape index (κ2) is 9.44. The van der Waals surface area contributed by atoms with Gasteiger partial charge in [0, 0.05) is 38.7 Å². The highest BCUT2D eigenvalue weighted by Crippen LogP contribution is 2.21. The summed E-state index contributed by atoms with van der Waals surface area (Å²) in [4.78, 5) is 28.1. The van der Waals surface area contributed by atoms with Gasteiger partial charge in [-0.05, 0) is 51.0 Å². The van der Waals surface area contributed by atoms with Gasteiger partial charge in [0.2, 0.25) is 11.8 Å². The summed E-state index contributed by atoms with van der Waals surface area (Å²) in [5.74, 6) is 0.872. The van der Waals surface area contributed by atoms with Crippen molar-refractivity contribution >= 4 is 17.5 Å². The standard InChI is InChI=1S/C20H30N2O3/c1-16(2)25-19-10-8-18(9-11-19)22(17(3)23)15-12-20(24)21-13-6-4-5-7-14-21/h8-11,16H,4-7,12-15H2,1-3H3. The van der Waals surface area contributed by atoms with Crippen LogP contribution in [-0.4, -0.2) is 42.5 Å². The van der Waals surface area contributed by atoms with Crippen LogP contribution in [0.25, 0.3) is 0 Å². The Morgan fingerprint density at radius 2 is 1.68 bits per heavy atom. The van der Waals surface area contributed by atoms with Gasteiger partial charge in [-0.3, -0.25) is 9.59 Å². The van der Waals surface area contributed by atoms with Crippen molar-refractivity contribution in [3.8, 4) is 5.75 Å². The summed E-state index contributed by atoms with van der Waals surface area (Å²) in [7, 11) is 0. The van der Waals surface area contributed by atoms with Gasteiger partial charge < -0.3 is 14.5 Å². The highest BCUT2D eigenvalue weighted by Gasteiger charge is 2.18. The Labute approximate surface area is 150 Å². The molecule has 1 aliphatic heterocycles. The van der Waals surface area contributed by atoms with Gasteiger partial charge in [-0.1, -0.05) is 12.8 Å². The minimum Gasteiger partial charge on any atom is -0.491 e. The number of nitrogens with zero attached hydrogens (tertiary/aromatic N) is 2. The molecule has 0 atom stereocenters. The average molecular weight is 346 g/mol. The number of benzene rings is 1. The van der Waals surface area contributed by atoms with Crippen molar-refractivity contribution in [2.75, 3.05) is 24.5 Å². The topological polar surface area (TPSA) is 49.9 Å². The van der Waals surface area contributed by atoms with Crippen LogP contribution in [-0.2, 0) is 9.59 Å². The highest BCUT2D eigenvalue weighted by atomic mass is 16.5. The lowest BCUT2D eigenvalue weighted by atomic mass is 10.2. The van der Waals surface area contributed by atoms with Crippen molar-refractivity contribution in [2.45, 2.75) is 59.0 Å². The monoisotopic (exact) mass is 346 g/mol. The lowest BCUT2D eigenvalue weighted by Gasteiger charge is -2.24. The lowest BCUT2D eigenvalue weighted by Crippen LogP contribution is -2.36. The largest absolute Gasteiger partial charge is 0.491 e. The number of likely N-dealkylation sites (tertiary alicyclic amines) is 1. The van der Waals surface area contributed by atoms with Crippen molar-refractivity contribution in [1.29, 1.82) is 0 Å². The molecule has 1 aliphatic rings. The van der Waals surface area contributed by atoms with Gasteiger partial charge in [0.25, 0.3) is 0 Å². The smallest absolute Gasteiger partial charge is 0.224 e. The molecule has 25 heavy (non-hydrogen) atoms. The number of carbonyl (C=O) groups excluding carboxylic acids is 2. The van der Waals surface area contributed by atoms with Crippen LogP contribution in [0.4, 0.5) is 5.69 Å². The van der Waals surface area contributed by atoms with E-state index in [0.717, 1.165) is 37.4 Å². The summed E-state index contributed by atoms with van der Waals surface area (Å²) < 4.78 is 5.63. The lowest BCUT2D eigenvalue weighted by molar-refractivity contribution is -0.131. The van der Waals surface area contributed by atoms with Crippen LogP contribution in [0.15, 0.2) is 24.3 Å². The molecule has 5 nitrogen and oxygen atoms in total. The summed E-state index contributed by atoms with van der Waals surface area (Å²) in [6, 6.07) is 7.47. The molecular formula is C20H30N2O3. The van der Waals surface area contributed by atoms with E-state index in [0.29, 0.717) is 13.0 Å². The maximum Gasteiger partial charge on any atom is 0.224 e. The van der Waals surface area contributed by atoms with Crippen LogP contribution in [0.5, 0.6) is 5.75 Å². The molecule has 0 aliphatic carbocycles. The SMILES string of the molecule is CC(=O)N(CCC(=O)N1CCCCCC1)c1ccc(OC(C)C)cc1. The predicted molar refractivity (Wildman–Crippen MR) is 99.9 cm³/mol. The fraction of sp³-hybridized carbons (Fsp3) is 0.600. The Bertz CT molecular complexity index is 561. The summed E-state index contributed by atoms with van der Waals surface area (Å²) >= 11 is 0. The van der Waals surface area contributed by atoms with E-state index in [2.05, 4.69) is 0 Å². The van der Waals surface area contributed by atoms with E-state index in [1.165, 1.54) is 19.8 Å². The molecule has 1 heterocycles. The maximum absolute atomic E-state index is 12.5. The number of hydrogen-bond donors (Lipinski definition) is 0. The van der Waals surface area contributed by atoms with E-state index in [-0.39, 0.29) is 17.9 Å². The van der Waals surface area contributed by atoms with Crippen molar-refractivity contribution in [3.05, 3.63) is 24.3 Å². The fourth-order valence-electron chi connectivity index (χ4n) is 3.13. The number of anilines is 1. The number of rotatable bonds is 6. The minimum atomic E-state index is -0.0544. The minimum absolute atomic E-state index is 0.0544. The van der Waals surface area contributed by atoms with Crippen molar-refractivity contribution in [2.24, 2.45) is 0 Å². The van der Waals surface area contributed by atoms with Gasteiger partial charge >= 0.3 is 0 Å². The van der Waals surface area contributed by atoms with E-state index in [1.807, 2.05) is 43.0 Å². The second-order valence-electron chi connectivity index (χ2n) is 6.88. The number of amides is 2. The van der Waals surface area contributed by atoms with Gasteiger partial charge in [0.15, 0.2) is 0 Å². The summed E-state index contributed by atoms with van der Waals surface area (Å²) in [6.45, 7) is 7.60. The molecule has 0 aromatic heterocycles. The van der Waals surface area contributed by atoms with Gasteiger partial charge in [0.1, 0.15) is 5.75 Å². The first-order valence-electron chi connectivity index (χ1n) is 9.30. The van der Waals surface area contributed by atoms with Crippen LogP contribution < -0.4 is 9.64 Å². The summed E-state index contributed by atoms with van der Waals surface area (Å²) in [5, 5.41) is 0. The van der Waals surface area contributed by atoms with E-state index >= 15 is 0 Å². The van der Waals surface area contributed by atoms with Gasteiger partial charge in [-0.25, -0.2) is 0 Å². The zero-order chi connectivity index (χ0) is 18.2. The molecule has 1 fully saturated rings. The third-order valence-electron chi connectivity index (χ3n) is 4.41. The molecule has 0 radical (unpaired) electrons. The van der Waals surface area contributed by atoms with Gasteiger partial charge in [-0.2, -0.15) is 0 Å². The zero-order valence-electron chi connectivity index (χ0n) is 15.7. The second-order valence-corrected chi connectivity index (χ2v) is 6.88. The molecule has 1 aromatic rings. The van der Waals surface area contributed by atoms with Crippen molar-refractivity contribution in [3.63, 3.8) is 0 Å².